The minimum absolute atomic E-state index is 0.00946. The number of hydrogen-bond donors (Lipinski definition) is 0. The second kappa shape index (κ2) is 6.01. The fourth-order valence-electron chi connectivity index (χ4n) is 2.59. The van der Waals surface area contributed by atoms with Crippen molar-refractivity contribution in [3.8, 4) is 5.69 Å². The van der Waals surface area contributed by atoms with E-state index in [1.165, 1.54) is 0 Å². The number of aromatic nitrogens is 2. The molecule has 1 saturated heterocycles. The first-order chi connectivity index (χ1) is 10.6. The van der Waals surface area contributed by atoms with Crippen LogP contribution in [0.1, 0.15) is 17.3 Å². The lowest BCUT2D eigenvalue weighted by atomic mass is 10.1. The zero-order valence-corrected chi connectivity index (χ0v) is 12.5. The van der Waals surface area contributed by atoms with E-state index in [9.17, 15) is 9.59 Å². The van der Waals surface area contributed by atoms with Crippen molar-refractivity contribution in [3.05, 3.63) is 48.3 Å². The molecule has 114 valence electrons. The topological polar surface area (TPSA) is 58.4 Å². The lowest BCUT2D eigenvalue weighted by molar-refractivity contribution is -0.130. The summed E-state index contributed by atoms with van der Waals surface area (Å²) in [6.45, 7) is 3.93. The first-order valence-corrected chi connectivity index (χ1v) is 7.30. The molecule has 2 heterocycles. The van der Waals surface area contributed by atoms with Gasteiger partial charge in [0.1, 0.15) is 0 Å². The molecule has 1 aliphatic heterocycles. The van der Waals surface area contributed by atoms with Crippen LogP contribution < -0.4 is 0 Å². The maximum Gasteiger partial charge on any atom is 0.253 e. The number of hydrogen-bond acceptors (Lipinski definition) is 3. The van der Waals surface area contributed by atoms with Crippen LogP contribution in [0.15, 0.2) is 42.7 Å². The number of piperazine rings is 1. The molecule has 0 radical (unpaired) electrons. The molecule has 6 heteroatoms. The van der Waals surface area contributed by atoms with Crippen LogP contribution in [0.2, 0.25) is 0 Å². The lowest BCUT2D eigenvalue weighted by Gasteiger charge is -2.34. The quantitative estimate of drug-likeness (QED) is 0.836. The third-order valence-corrected chi connectivity index (χ3v) is 3.90. The van der Waals surface area contributed by atoms with Gasteiger partial charge in [-0.3, -0.25) is 9.59 Å². The molecule has 2 aromatic rings. The molecule has 0 unspecified atom stereocenters. The predicted octanol–water partition coefficient (Wildman–Crippen LogP) is 1.18. The Balaban J connectivity index is 1.67. The predicted molar refractivity (Wildman–Crippen MR) is 81.7 cm³/mol. The average molecular weight is 298 g/mol. The van der Waals surface area contributed by atoms with Crippen molar-refractivity contribution in [3.63, 3.8) is 0 Å². The summed E-state index contributed by atoms with van der Waals surface area (Å²) in [4.78, 5) is 27.3. The third-order valence-electron chi connectivity index (χ3n) is 3.90. The minimum atomic E-state index is 0.00946. The van der Waals surface area contributed by atoms with Crippen molar-refractivity contribution < 1.29 is 9.59 Å². The molecule has 3 rings (SSSR count). The summed E-state index contributed by atoms with van der Waals surface area (Å²) in [6.07, 6.45) is 3.57. The van der Waals surface area contributed by atoms with Crippen LogP contribution in [0.4, 0.5) is 0 Å². The number of carbonyl (C=O) groups excluding carboxylic acids is 2. The van der Waals surface area contributed by atoms with E-state index in [4.69, 9.17) is 0 Å². The monoisotopic (exact) mass is 298 g/mol. The molecular formula is C16H18N4O2. The molecule has 0 spiro atoms. The zero-order chi connectivity index (χ0) is 15.5. The maximum atomic E-state index is 12.5. The maximum absolute atomic E-state index is 12.5. The van der Waals surface area contributed by atoms with E-state index in [-0.39, 0.29) is 11.8 Å². The molecular weight excluding hydrogens is 280 g/mol. The van der Waals surface area contributed by atoms with Gasteiger partial charge in [0.15, 0.2) is 0 Å². The number of nitrogens with zero attached hydrogens (tertiary/aromatic N) is 4. The van der Waals surface area contributed by atoms with Crippen molar-refractivity contribution in [2.24, 2.45) is 0 Å². The smallest absolute Gasteiger partial charge is 0.253 e. The molecule has 0 N–H and O–H groups in total. The highest BCUT2D eigenvalue weighted by Crippen LogP contribution is 2.12. The van der Waals surface area contributed by atoms with Gasteiger partial charge in [-0.05, 0) is 30.3 Å². The van der Waals surface area contributed by atoms with Crippen LogP contribution in [0.25, 0.3) is 5.69 Å². The molecule has 22 heavy (non-hydrogen) atoms. The van der Waals surface area contributed by atoms with Crippen LogP contribution in [-0.4, -0.2) is 57.6 Å². The fourth-order valence-corrected chi connectivity index (χ4v) is 2.59. The first-order valence-electron chi connectivity index (χ1n) is 7.30. The number of rotatable bonds is 2. The summed E-state index contributed by atoms with van der Waals surface area (Å²) in [5.41, 5.74) is 1.58. The molecule has 0 bridgehead atoms. The number of carbonyl (C=O) groups is 2. The van der Waals surface area contributed by atoms with Crippen LogP contribution in [0.5, 0.6) is 0 Å². The molecule has 0 atom stereocenters. The average Bonchev–Trinajstić information content (AvgIpc) is 3.09. The van der Waals surface area contributed by atoms with Crippen LogP contribution >= 0.6 is 0 Å². The number of amides is 2. The molecule has 1 fully saturated rings. The summed E-state index contributed by atoms with van der Waals surface area (Å²) in [5.74, 6) is 0.0749. The van der Waals surface area contributed by atoms with Crippen LogP contribution in [0, 0.1) is 0 Å². The SMILES string of the molecule is CC(=O)N1CCN(C(=O)c2ccc(-n3cccn3)cc2)CC1. The Morgan fingerprint density at radius 1 is 1.00 bits per heavy atom. The van der Waals surface area contributed by atoms with Crippen molar-refractivity contribution in [2.75, 3.05) is 26.2 Å². The molecule has 6 nitrogen and oxygen atoms in total. The fraction of sp³-hybridized carbons (Fsp3) is 0.312. The van der Waals surface area contributed by atoms with E-state index in [2.05, 4.69) is 5.10 Å². The molecule has 0 saturated carbocycles. The van der Waals surface area contributed by atoms with Gasteiger partial charge in [-0.2, -0.15) is 5.10 Å². The molecule has 2 amide bonds. The molecule has 1 aromatic carbocycles. The van der Waals surface area contributed by atoms with Gasteiger partial charge < -0.3 is 9.80 Å². The highest BCUT2D eigenvalue weighted by atomic mass is 16.2. The Labute approximate surface area is 128 Å². The van der Waals surface area contributed by atoms with E-state index in [0.29, 0.717) is 31.7 Å². The summed E-state index contributed by atoms with van der Waals surface area (Å²) in [7, 11) is 0. The minimum Gasteiger partial charge on any atom is -0.339 e. The third kappa shape index (κ3) is 2.86. The van der Waals surface area contributed by atoms with Gasteiger partial charge in [-0.25, -0.2) is 4.68 Å². The Morgan fingerprint density at radius 2 is 1.64 bits per heavy atom. The van der Waals surface area contributed by atoms with E-state index < -0.39 is 0 Å². The van der Waals surface area contributed by atoms with Gasteiger partial charge >= 0.3 is 0 Å². The number of benzene rings is 1. The van der Waals surface area contributed by atoms with E-state index in [1.54, 1.807) is 27.6 Å². The van der Waals surface area contributed by atoms with Crippen LogP contribution in [0.3, 0.4) is 0 Å². The van der Waals surface area contributed by atoms with Crippen molar-refractivity contribution >= 4 is 11.8 Å². The lowest BCUT2D eigenvalue weighted by Crippen LogP contribution is -2.50. The van der Waals surface area contributed by atoms with Gasteiger partial charge in [0.2, 0.25) is 5.91 Å². The van der Waals surface area contributed by atoms with Crippen molar-refractivity contribution in [1.29, 1.82) is 0 Å². The summed E-state index contributed by atoms with van der Waals surface area (Å²) >= 11 is 0. The summed E-state index contributed by atoms with van der Waals surface area (Å²) < 4.78 is 1.75. The van der Waals surface area contributed by atoms with Crippen molar-refractivity contribution in [2.45, 2.75) is 6.92 Å². The zero-order valence-electron chi connectivity index (χ0n) is 12.5. The second-order valence-corrected chi connectivity index (χ2v) is 5.30. The summed E-state index contributed by atoms with van der Waals surface area (Å²) in [6, 6.07) is 9.25. The Hall–Kier alpha value is -2.63. The van der Waals surface area contributed by atoms with E-state index in [0.717, 1.165) is 5.69 Å². The van der Waals surface area contributed by atoms with Crippen molar-refractivity contribution in [1.82, 2.24) is 19.6 Å². The largest absolute Gasteiger partial charge is 0.339 e. The normalized spacial score (nSPS) is 15.0. The highest BCUT2D eigenvalue weighted by Gasteiger charge is 2.23. The van der Waals surface area contributed by atoms with Gasteiger partial charge in [-0.1, -0.05) is 0 Å². The van der Waals surface area contributed by atoms with E-state index in [1.807, 2.05) is 36.5 Å². The van der Waals surface area contributed by atoms with Gasteiger partial charge in [0, 0.05) is 51.1 Å². The van der Waals surface area contributed by atoms with Gasteiger partial charge in [0.25, 0.3) is 5.91 Å². The standard InChI is InChI=1S/C16H18N4O2/c1-13(21)18-9-11-19(12-10-18)16(22)14-3-5-15(6-4-14)20-8-2-7-17-20/h2-8H,9-12H2,1H3. The molecule has 1 aromatic heterocycles. The van der Waals surface area contributed by atoms with Gasteiger partial charge in [-0.15, -0.1) is 0 Å². The highest BCUT2D eigenvalue weighted by molar-refractivity contribution is 5.94. The second-order valence-electron chi connectivity index (χ2n) is 5.30. The summed E-state index contributed by atoms with van der Waals surface area (Å²) in [5, 5.41) is 4.16. The Bertz CT molecular complexity index is 656. The molecule has 1 aliphatic rings. The van der Waals surface area contributed by atoms with Crippen LogP contribution in [-0.2, 0) is 4.79 Å². The van der Waals surface area contributed by atoms with Gasteiger partial charge in [0.05, 0.1) is 5.69 Å². The Kier molecular flexibility index (Phi) is 3.91. The molecule has 0 aliphatic carbocycles. The Morgan fingerprint density at radius 3 is 2.18 bits per heavy atom. The van der Waals surface area contributed by atoms with E-state index >= 15 is 0 Å². The first kappa shape index (κ1) is 14.3.